The molecule has 1 amide bonds. The second kappa shape index (κ2) is 5.27. The van der Waals surface area contributed by atoms with Gasteiger partial charge in [0.25, 0.3) is 0 Å². The average Bonchev–Trinajstić information content (AvgIpc) is 2.95. The molecular weight excluding hydrogens is 254 g/mol. The van der Waals surface area contributed by atoms with E-state index < -0.39 is 12.0 Å². The van der Waals surface area contributed by atoms with Gasteiger partial charge in [0.05, 0.1) is 5.92 Å². The normalized spacial score (nSPS) is 25.3. The number of rotatable bonds is 2. The van der Waals surface area contributed by atoms with Crippen LogP contribution in [0.4, 0.5) is 0 Å². The van der Waals surface area contributed by atoms with Crippen molar-refractivity contribution in [3.8, 4) is 0 Å². The molecule has 2 aliphatic rings. The van der Waals surface area contributed by atoms with Crippen molar-refractivity contribution in [2.45, 2.75) is 44.1 Å². The number of carbonyl (C=O) groups excluding carboxylic acids is 1. The molecule has 1 aliphatic carbocycles. The van der Waals surface area contributed by atoms with Crippen molar-refractivity contribution in [1.82, 2.24) is 4.90 Å². The summed E-state index contributed by atoms with van der Waals surface area (Å²) in [6, 6.07) is 7.43. The number of likely N-dealkylation sites (tertiary alicyclic amines) is 1. The Hall–Kier alpha value is -1.84. The largest absolute Gasteiger partial charge is 0.480 e. The van der Waals surface area contributed by atoms with Gasteiger partial charge in [-0.15, -0.1) is 0 Å². The van der Waals surface area contributed by atoms with Crippen LogP contribution < -0.4 is 0 Å². The third-order valence-electron chi connectivity index (χ3n) is 4.49. The number of hydrogen-bond acceptors (Lipinski definition) is 2. The highest BCUT2D eigenvalue weighted by Crippen LogP contribution is 2.34. The second-order valence-corrected chi connectivity index (χ2v) is 5.67. The molecule has 3 rings (SSSR count). The number of benzene rings is 1. The molecule has 0 saturated carbocycles. The number of hydrogen-bond donors (Lipinski definition) is 1. The van der Waals surface area contributed by atoms with Crippen LogP contribution in [-0.4, -0.2) is 34.5 Å². The van der Waals surface area contributed by atoms with Gasteiger partial charge in [0, 0.05) is 6.54 Å². The first-order chi connectivity index (χ1) is 9.68. The van der Waals surface area contributed by atoms with Crippen LogP contribution in [0.3, 0.4) is 0 Å². The first kappa shape index (κ1) is 13.2. The average molecular weight is 273 g/mol. The minimum Gasteiger partial charge on any atom is -0.480 e. The second-order valence-electron chi connectivity index (χ2n) is 5.67. The topological polar surface area (TPSA) is 57.6 Å². The Balaban J connectivity index is 1.87. The molecule has 1 aliphatic heterocycles. The third kappa shape index (κ3) is 2.19. The zero-order chi connectivity index (χ0) is 14.1. The molecule has 2 atom stereocenters. The van der Waals surface area contributed by atoms with Gasteiger partial charge in [-0.2, -0.15) is 0 Å². The molecule has 1 N–H and O–H groups in total. The van der Waals surface area contributed by atoms with Crippen LogP contribution in [0.5, 0.6) is 0 Å². The van der Waals surface area contributed by atoms with Crippen molar-refractivity contribution in [2.75, 3.05) is 6.54 Å². The van der Waals surface area contributed by atoms with E-state index in [1.807, 2.05) is 18.2 Å². The van der Waals surface area contributed by atoms with Crippen molar-refractivity contribution < 1.29 is 14.7 Å². The highest BCUT2D eigenvalue weighted by atomic mass is 16.4. The van der Waals surface area contributed by atoms with E-state index in [1.54, 1.807) is 4.90 Å². The maximum atomic E-state index is 12.7. The first-order valence-electron chi connectivity index (χ1n) is 7.29. The number of nitrogens with zero attached hydrogens (tertiary/aromatic N) is 1. The van der Waals surface area contributed by atoms with Crippen molar-refractivity contribution in [3.05, 3.63) is 35.4 Å². The van der Waals surface area contributed by atoms with E-state index >= 15 is 0 Å². The zero-order valence-corrected chi connectivity index (χ0v) is 11.4. The molecule has 106 valence electrons. The van der Waals surface area contributed by atoms with Gasteiger partial charge in [-0.1, -0.05) is 24.3 Å². The summed E-state index contributed by atoms with van der Waals surface area (Å²) in [5, 5.41) is 9.23. The molecule has 1 saturated heterocycles. The maximum Gasteiger partial charge on any atom is 0.326 e. The van der Waals surface area contributed by atoms with Crippen LogP contribution in [0.1, 0.15) is 42.7 Å². The fraction of sp³-hybridized carbons (Fsp3) is 0.500. The summed E-state index contributed by atoms with van der Waals surface area (Å²) in [7, 11) is 0. The molecule has 0 radical (unpaired) electrons. The summed E-state index contributed by atoms with van der Waals surface area (Å²) >= 11 is 0. The van der Waals surface area contributed by atoms with Crippen molar-refractivity contribution in [2.24, 2.45) is 0 Å². The molecule has 1 heterocycles. The predicted octanol–water partition coefficient (Wildman–Crippen LogP) is 2.18. The van der Waals surface area contributed by atoms with E-state index in [-0.39, 0.29) is 11.8 Å². The summed E-state index contributed by atoms with van der Waals surface area (Å²) in [6.45, 7) is 0.578. The zero-order valence-electron chi connectivity index (χ0n) is 11.4. The number of carboxylic acid groups (broad SMARTS) is 1. The minimum atomic E-state index is -0.875. The Morgan fingerprint density at radius 2 is 1.95 bits per heavy atom. The van der Waals surface area contributed by atoms with Crippen LogP contribution in [-0.2, 0) is 16.0 Å². The molecule has 0 spiro atoms. The van der Waals surface area contributed by atoms with Crippen LogP contribution in [0, 0.1) is 0 Å². The summed E-state index contributed by atoms with van der Waals surface area (Å²) in [4.78, 5) is 25.6. The van der Waals surface area contributed by atoms with Crippen molar-refractivity contribution in [1.29, 1.82) is 0 Å². The van der Waals surface area contributed by atoms with Gasteiger partial charge < -0.3 is 10.0 Å². The van der Waals surface area contributed by atoms with Gasteiger partial charge in [0.1, 0.15) is 6.04 Å². The molecule has 20 heavy (non-hydrogen) atoms. The molecule has 0 bridgehead atoms. The number of aliphatic carboxylic acids is 1. The lowest BCUT2D eigenvalue weighted by Gasteiger charge is -2.30. The molecule has 4 heteroatoms. The Labute approximate surface area is 118 Å². The Bertz CT molecular complexity index is 540. The summed E-state index contributed by atoms with van der Waals surface area (Å²) in [6.07, 6.45) is 4.21. The molecule has 1 aromatic carbocycles. The minimum absolute atomic E-state index is 0.00190. The lowest BCUT2D eigenvalue weighted by molar-refractivity contribution is -0.148. The first-order valence-corrected chi connectivity index (χ1v) is 7.29. The Morgan fingerprint density at radius 3 is 2.75 bits per heavy atom. The quantitative estimate of drug-likeness (QED) is 0.898. The van der Waals surface area contributed by atoms with Crippen LogP contribution >= 0.6 is 0 Å². The standard InChI is InChI=1S/C16H19NO3/c18-15(17-10-4-9-14(17)16(19)20)13-8-3-6-11-5-1-2-7-12(11)13/h1-2,5,7,13-14H,3-4,6,8-10H2,(H,19,20)/t13?,14-/m1/s1. The smallest absolute Gasteiger partial charge is 0.326 e. The number of carboxylic acids is 1. The molecule has 1 unspecified atom stereocenters. The van der Waals surface area contributed by atoms with Gasteiger partial charge in [-0.05, 0) is 43.2 Å². The molecule has 0 aromatic heterocycles. The van der Waals surface area contributed by atoms with Gasteiger partial charge in [-0.25, -0.2) is 4.79 Å². The molecule has 1 aromatic rings. The highest BCUT2D eigenvalue weighted by Gasteiger charge is 2.38. The van der Waals surface area contributed by atoms with Gasteiger partial charge in [0.2, 0.25) is 5.91 Å². The Kier molecular flexibility index (Phi) is 3.47. The van der Waals surface area contributed by atoms with Crippen molar-refractivity contribution >= 4 is 11.9 Å². The van der Waals surface area contributed by atoms with Crippen LogP contribution in [0.2, 0.25) is 0 Å². The van der Waals surface area contributed by atoms with Gasteiger partial charge >= 0.3 is 5.97 Å². The lowest BCUT2D eigenvalue weighted by atomic mass is 9.82. The molecule has 1 fully saturated rings. The van der Waals surface area contributed by atoms with E-state index in [0.29, 0.717) is 13.0 Å². The van der Waals surface area contributed by atoms with E-state index in [9.17, 15) is 14.7 Å². The van der Waals surface area contributed by atoms with E-state index in [2.05, 4.69) is 6.07 Å². The number of fused-ring (bicyclic) bond motifs is 1. The van der Waals surface area contributed by atoms with E-state index in [1.165, 1.54) is 5.56 Å². The SMILES string of the molecule is O=C(O)[C@H]1CCCN1C(=O)C1CCCc2ccccc21. The summed E-state index contributed by atoms with van der Waals surface area (Å²) < 4.78 is 0. The van der Waals surface area contributed by atoms with Crippen molar-refractivity contribution in [3.63, 3.8) is 0 Å². The van der Waals surface area contributed by atoms with Gasteiger partial charge in [0.15, 0.2) is 0 Å². The fourth-order valence-electron chi connectivity index (χ4n) is 3.50. The number of amides is 1. The van der Waals surface area contributed by atoms with Crippen LogP contribution in [0.25, 0.3) is 0 Å². The monoisotopic (exact) mass is 273 g/mol. The van der Waals surface area contributed by atoms with E-state index in [4.69, 9.17) is 0 Å². The van der Waals surface area contributed by atoms with Gasteiger partial charge in [-0.3, -0.25) is 4.79 Å². The number of aryl methyl sites for hydroxylation is 1. The lowest BCUT2D eigenvalue weighted by Crippen LogP contribution is -2.43. The predicted molar refractivity (Wildman–Crippen MR) is 74.5 cm³/mol. The highest BCUT2D eigenvalue weighted by molar-refractivity contribution is 5.89. The Morgan fingerprint density at radius 1 is 1.15 bits per heavy atom. The molecule has 4 nitrogen and oxygen atoms in total. The summed E-state index contributed by atoms with van der Waals surface area (Å²) in [5.41, 5.74) is 2.34. The molecular formula is C16H19NO3. The van der Waals surface area contributed by atoms with Crippen LogP contribution in [0.15, 0.2) is 24.3 Å². The van der Waals surface area contributed by atoms with E-state index in [0.717, 1.165) is 31.2 Å². The number of carbonyl (C=O) groups is 2. The third-order valence-corrected chi connectivity index (χ3v) is 4.49. The fourth-order valence-corrected chi connectivity index (χ4v) is 3.50. The maximum absolute atomic E-state index is 12.7. The summed E-state index contributed by atoms with van der Waals surface area (Å²) in [5.74, 6) is -1.03.